The summed E-state index contributed by atoms with van der Waals surface area (Å²) in [4.78, 5) is 21.0. The Bertz CT molecular complexity index is 432. The maximum Gasteiger partial charge on any atom is 0.222 e. The number of likely N-dealkylation sites (tertiary alicyclic amines) is 2. The lowest BCUT2D eigenvalue weighted by atomic mass is 10.0. The van der Waals surface area contributed by atoms with Crippen LogP contribution in [0.2, 0.25) is 0 Å². The summed E-state index contributed by atoms with van der Waals surface area (Å²) in [6.45, 7) is 13.5. The number of rotatable bonds is 9. The van der Waals surface area contributed by atoms with Gasteiger partial charge in [-0.3, -0.25) is 14.7 Å². The van der Waals surface area contributed by atoms with Crippen LogP contribution in [0.1, 0.15) is 52.9 Å². The van der Waals surface area contributed by atoms with Crippen molar-refractivity contribution in [3.05, 3.63) is 0 Å². The van der Waals surface area contributed by atoms with Gasteiger partial charge in [0.2, 0.25) is 5.91 Å². The number of aliphatic imine (C=N–C) groups is 1. The topological polar surface area (TPSA) is 60.0 Å². The number of carbonyl (C=O) groups is 1. The highest BCUT2D eigenvalue weighted by Crippen LogP contribution is 2.18. The fraction of sp³-hybridized carbons (Fsp3) is 0.895. The minimum Gasteiger partial charge on any atom is -0.357 e. The molecule has 2 heterocycles. The normalized spacial score (nSPS) is 20.6. The van der Waals surface area contributed by atoms with Crippen LogP contribution in [0.15, 0.2) is 4.99 Å². The highest BCUT2D eigenvalue weighted by atomic mass is 16.2. The quantitative estimate of drug-likeness (QED) is 0.377. The number of nitrogens with one attached hydrogen (secondary N) is 2. The van der Waals surface area contributed by atoms with Crippen LogP contribution in [-0.2, 0) is 4.79 Å². The number of hydrogen-bond donors (Lipinski definition) is 2. The molecule has 2 aliphatic heterocycles. The van der Waals surface area contributed by atoms with Gasteiger partial charge in [-0.05, 0) is 51.6 Å². The van der Waals surface area contributed by atoms with Gasteiger partial charge in [0.15, 0.2) is 5.96 Å². The van der Waals surface area contributed by atoms with Crippen molar-refractivity contribution in [1.82, 2.24) is 20.4 Å². The van der Waals surface area contributed by atoms with E-state index < -0.39 is 0 Å². The maximum absolute atomic E-state index is 11.6. The van der Waals surface area contributed by atoms with Crippen molar-refractivity contribution in [1.29, 1.82) is 0 Å². The third kappa shape index (κ3) is 6.49. The molecule has 0 aromatic rings. The predicted octanol–water partition coefficient (Wildman–Crippen LogP) is 1.67. The van der Waals surface area contributed by atoms with Crippen LogP contribution >= 0.6 is 0 Å². The molecular formula is C19H37N5O. The Morgan fingerprint density at radius 3 is 2.52 bits per heavy atom. The molecular weight excluding hydrogens is 314 g/mol. The van der Waals surface area contributed by atoms with E-state index in [1.54, 1.807) is 0 Å². The average Bonchev–Trinajstić information content (AvgIpc) is 3.23. The molecule has 2 N–H and O–H groups in total. The second-order valence-electron chi connectivity index (χ2n) is 7.54. The van der Waals surface area contributed by atoms with Gasteiger partial charge in [0.1, 0.15) is 0 Å². The lowest BCUT2D eigenvalue weighted by Crippen LogP contribution is -2.42. The van der Waals surface area contributed by atoms with Gasteiger partial charge < -0.3 is 15.5 Å². The molecule has 0 aromatic carbocycles. The Kier molecular flexibility index (Phi) is 8.52. The molecule has 0 radical (unpaired) electrons. The second-order valence-corrected chi connectivity index (χ2v) is 7.54. The second kappa shape index (κ2) is 10.6. The Morgan fingerprint density at radius 2 is 1.92 bits per heavy atom. The largest absolute Gasteiger partial charge is 0.357 e. The van der Waals surface area contributed by atoms with Gasteiger partial charge >= 0.3 is 0 Å². The molecule has 2 saturated heterocycles. The third-order valence-corrected chi connectivity index (χ3v) is 5.23. The molecule has 2 rings (SSSR count). The van der Waals surface area contributed by atoms with E-state index in [4.69, 9.17) is 4.99 Å². The zero-order valence-electron chi connectivity index (χ0n) is 16.4. The molecule has 0 spiro atoms. The first-order valence-electron chi connectivity index (χ1n) is 10.2. The number of guanidine groups is 1. The standard InChI is InChI=1S/C19H37N5O/c1-4-20-19(21-10-8-14-24-13-7-9-18(24)25)22-15-17(16(2)3)23-11-5-6-12-23/h16-17H,4-15H2,1-3H3,(H2,20,21,22). The summed E-state index contributed by atoms with van der Waals surface area (Å²) >= 11 is 0. The summed E-state index contributed by atoms with van der Waals surface area (Å²) in [5, 5.41) is 6.77. The molecule has 0 bridgehead atoms. The van der Waals surface area contributed by atoms with Crippen LogP contribution in [0, 0.1) is 5.92 Å². The van der Waals surface area contributed by atoms with Crippen LogP contribution in [0.4, 0.5) is 0 Å². The first-order chi connectivity index (χ1) is 12.1. The summed E-state index contributed by atoms with van der Waals surface area (Å²) < 4.78 is 0. The first kappa shape index (κ1) is 20.0. The highest BCUT2D eigenvalue weighted by molar-refractivity contribution is 5.79. The molecule has 0 saturated carbocycles. The van der Waals surface area contributed by atoms with Crippen molar-refractivity contribution in [2.45, 2.75) is 58.9 Å². The van der Waals surface area contributed by atoms with E-state index in [-0.39, 0.29) is 0 Å². The van der Waals surface area contributed by atoms with E-state index in [9.17, 15) is 4.79 Å². The van der Waals surface area contributed by atoms with Gasteiger partial charge in [0.25, 0.3) is 0 Å². The molecule has 2 aliphatic rings. The summed E-state index contributed by atoms with van der Waals surface area (Å²) in [6.07, 6.45) is 5.35. The number of amides is 1. The van der Waals surface area contributed by atoms with E-state index in [1.165, 1.54) is 25.9 Å². The van der Waals surface area contributed by atoms with Crippen LogP contribution in [0.5, 0.6) is 0 Å². The van der Waals surface area contributed by atoms with Crippen LogP contribution in [0.25, 0.3) is 0 Å². The molecule has 0 aliphatic carbocycles. The van der Waals surface area contributed by atoms with Crippen LogP contribution in [0.3, 0.4) is 0 Å². The fourth-order valence-corrected chi connectivity index (χ4v) is 3.76. The van der Waals surface area contributed by atoms with Gasteiger partial charge in [-0.2, -0.15) is 0 Å². The van der Waals surface area contributed by atoms with Crippen molar-refractivity contribution in [2.75, 3.05) is 45.8 Å². The number of nitrogens with zero attached hydrogens (tertiary/aromatic N) is 3. The molecule has 1 amide bonds. The van der Waals surface area contributed by atoms with E-state index in [0.29, 0.717) is 17.9 Å². The Morgan fingerprint density at radius 1 is 1.16 bits per heavy atom. The Balaban J connectivity index is 1.76. The van der Waals surface area contributed by atoms with Crippen molar-refractivity contribution >= 4 is 11.9 Å². The van der Waals surface area contributed by atoms with Gasteiger partial charge in [-0.15, -0.1) is 0 Å². The van der Waals surface area contributed by atoms with E-state index in [2.05, 4.69) is 36.3 Å². The lowest BCUT2D eigenvalue weighted by molar-refractivity contribution is -0.127. The van der Waals surface area contributed by atoms with Crippen molar-refractivity contribution < 1.29 is 4.79 Å². The Hall–Kier alpha value is -1.30. The summed E-state index contributed by atoms with van der Waals surface area (Å²) in [5.74, 6) is 1.83. The highest BCUT2D eigenvalue weighted by Gasteiger charge is 2.24. The molecule has 1 unspecified atom stereocenters. The molecule has 6 heteroatoms. The SMILES string of the molecule is CCNC(=NCC(C(C)C)N1CCCC1)NCCCN1CCCC1=O. The molecule has 144 valence electrons. The van der Waals surface area contributed by atoms with Crippen LogP contribution < -0.4 is 10.6 Å². The monoisotopic (exact) mass is 351 g/mol. The van der Waals surface area contributed by atoms with Crippen molar-refractivity contribution in [3.8, 4) is 0 Å². The molecule has 2 fully saturated rings. The minimum absolute atomic E-state index is 0.311. The summed E-state index contributed by atoms with van der Waals surface area (Å²) in [7, 11) is 0. The smallest absolute Gasteiger partial charge is 0.222 e. The van der Waals surface area contributed by atoms with E-state index in [0.717, 1.165) is 57.9 Å². The maximum atomic E-state index is 11.6. The summed E-state index contributed by atoms with van der Waals surface area (Å²) in [6, 6.07) is 0.528. The van der Waals surface area contributed by atoms with E-state index in [1.807, 2.05) is 4.90 Å². The average molecular weight is 352 g/mol. The van der Waals surface area contributed by atoms with E-state index >= 15 is 0 Å². The predicted molar refractivity (Wildman–Crippen MR) is 104 cm³/mol. The molecule has 0 aromatic heterocycles. The third-order valence-electron chi connectivity index (χ3n) is 5.23. The van der Waals surface area contributed by atoms with Gasteiger partial charge in [0.05, 0.1) is 6.54 Å². The van der Waals surface area contributed by atoms with Crippen molar-refractivity contribution in [2.24, 2.45) is 10.9 Å². The Labute approximate surface area is 153 Å². The van der Waals surface area contributed by atoms with Crippen LogP contribution in [-0.4, -0.2) is 73.5 Å². The zero-order valence-corrected chi connectivity index (χ0v) is 16.4. The minimum atomic E-state index is 0.311. The van der Waals surface area contributed by atoms with Crippen molar-refractivity contribution in [3.63, 3.8) is 0 Å². The molecule has 1 atom stereocenters. The van der Waals surface area contributed by atoms with Gasteiger partial charge in [-0.25, -0.2) is 0 Å². The molecule has 6 nitrogen and oxygen atoms in total. The number of hydrogen-bond acceptors (Lipinski definition) is 3. The number of carbonyl (C=O) groups excluding carboxylic acids is 1. The fourth-order valence-electron chi connectivity index (χ4n) is 3.76. The molecule has 25 heavy (non-hydrogen) atoms. The first-order valence-corrected chi connectivity index (χ1v) is 10.2. The van der Waals surface area contributed by atoms with Gasteiger partial charge in [0, 0.05) is 38.6 Å². The summed E-state index contributed by atoms with van der Waals surface area (Å²) in [5.41, 5.74) is 0. The van der Waals surface area contributed by atoms with Gasteiger partial charge in [-0.1, -0.05) is 13.8 Å². The lowest BCUT2D eigenvalue weighted by Gasteiger charge is -2.29. The zero-order chi connectivity index (χ0) is 18.1.